The number of rotatable bonds is 5. The molecule has 3 unspecified atom stereocenters. The lowest BCUT2D eigenvalue weighted by Gasteiger charge is -2.17. The Kier molecular flexibility index (Phi) is 5.12. The van der Waals surface area contributed by atoms with Crippen molar-refractivity contribution < 1.29 is 23.4 Å². The first-order valence-corrected chi connectivity index (χ1v) is 7.95. The summed E-state index contributed by atoms with van der Waals surface area (Å²) >= 11 is 0. The van der Waals surface area contributed by atoms with Crippen LogP contribution in [0.2, 0.25) is 0 Å². The van der Waals surface area contributed by atoms with Crippen LogP contribution in [0.1, 0.15) is 18.0 Å². The van der Waals surface area contributed by atoms with Gasteiger partial charge in [-0.1, -0.05) is 12.2 Å². The Labute approximate surface area is 130 Å². The van der Waals surface area contributed by atoms with Gasteiger partial charge in [0.1, 0.15) is 0 Å². The molecule has 1 N–H and O–H groups in total. The lowest BCUT2D eigenvalue weighted by atomic mass is 10.2. The number of aryl methyl sites for hydroxylation is 1. The number of carbonyl (C=O) groups excluding carboxylic acids is 1. The molecule has 0 saturated heterocycles. The van der Waals surface area contributed by atoms with Gasteiger partial charge in [0.05, 0.1) is 19.3 Å². The lowest BCUT2D eigenvalue weighted by molar-refractivity contribution is -0.150. The molecule has 1 aromatic heterocycles. The molecular formula is C13H15N2O7P. The number of H-pyrrole nitrogens is 1. The van der Waals surface area contributed by atoms with E-state index in [-0.39, 0.29) is 6.42 Å². The molecule has 0 radical (unpaired) electrons. The predicted octanol–water partition coefficient (Wildman–Crippen LogP) is 0.403. The van der Waals surface area contributed by atoms with Crippen molar-refractivity contribution in [2.45, 2.75) is 31.3 Å². The van der Waals surface area contributed by atoms with Crippen molar-refractivity contribution in [3.8, 4) is 0 Å². The molecule has 1 aromatic rings. The quantitative estimate of drug-likeness (QED) is 0.466. The highest BCUT2D eigenvalue weighted by atomic mass is 31.1. The molecule has 124 valence electrons. The molecule has 0 aromatic carbocycles. The standard InChI is InChI=1S/C13H15N2O7P/c1-7-6-15(13(18)14-10(7)16)8-3-4-9(5-8)22-12(23(19)20)11(17)21-2/h3-4,6,8-9,12H,5H2,1-2H3,(H,14,16,18). The third-order valence-corrected chi connectivity index (χ3v) is 4.14. The van der Waals surface area contributed by atoms with Crippen molar-refractivity contribution in [3.05, 3.63) is 44.8 Å². The molecule has 2 rings (SSSR count). The summed E-state index contributed by atoms with van der Waals surface area (Å²) in [6.45, 7) is 1.57. The first-order chi connectivity index (χ1) is 10.8. The maximum absolute atomic E-state index is 11.8. The van der Waals surface area contributed by atoms with E-state index < -0.39 is 42.9 Å². The number of esters is 1. The van der Waals surface area contributed by atoms with Crippen LogP contribution < -0.4 is 11.2 Å². The van der Waals surface area contributed by atoms with Gasteiger partial charge in [-0.25, -0.2) is 18.7 Å². The van der Waals surface area contributed by atoms with E-state index in [0.717, 1.165) is 7.11 Å². The number of ether oxygens (including phenoxy) is 2. The Morgan fingerprint density at radius 1 is 1.39 bits per heavy atom. The molecule has 0 aliphatic heterocycles. The van der Waals surface area contributed by atoms with Gasteiger partial charge in [-0.15, -0.1) is 0 Å². The minimum atomic E-state index is -3.16. The average Bonchev–Trinajstić information content (AvgIpc) is 2.96. The van der Waals surface area contributed by atoms with Crippen LogP contribution in [0.25, 0.3) is 0 Å². The number of methoxy groups -OCH3 is 1. The summed E-state index contributed by atoms with van der Waals surface area (Å²) in [6.07, 6.45) is 4.21. The number of allylic oxidation sites excluding steroid dienone is 1. The molecule has 0 saturated carbocycles. The number of aromatic nitrogens is 2. The van der Waals surface area contributed by atoms with Crippen molar-refractivity contribution in [1.29, 1.82) is 0 Å². The first kappa shape index (κ1) is 17.1. The predicted molar refractivity (Wildman–Crippen MR) is 77.8 cm³/mol. The summed E-state index contributed by atoms with van der Waals surface area (Å²) in [7, 11) is -2.09. The summed E-state index contributed by atoms with van der Waals surface area (Å²) in [5, 5.41) is 0. The van der Waals surface area contributed by atoms with Crippen LogP contribution in [-0.2, 0) is 23.4 Å². The van der Waals surface area contributed by atoms with Gasteiger partial charge >= 0.3 is 19.3 Å². The van der Waals surface area contributed by atoms with Gasteiger partial charge < -0.3 is 9.47 Å². The Balaban J connectivity index is 2.15. The van der Waals surface area contributed by atoms with Crippen LogP contribution in [0.4, 0.5) is 0 Å². The van der Waals surface area contributed by atoms with Gasteiger partial charge in [-0.3, -0.25) is 14.3 Å². The van der Waals surface area contributed by atoms with E-state index in [9.17, 15) is 23.5 Å². The van der Waals surface area contributed by atoms with Gasteiger partial charge in [0.15, 0.2) is 0 Å². The fourth-order valence-corrected chi connectivity index (χ4v) is 2.78. The van der Waals surface area contributed by atoms with E-state index >= 15 is 0 Å². The molecule has 1 heterocycles. The molecule has 0 bridgehead atoms. The molecular weight excluding hydrogens is 327 g/mol. The second-order valence-electron chi connectivity index (χ2n) is 5.00. The normalized spacial score (nSPS) is 21.1. The molecule has 1 aliphatic rings. The van der Waals surface area contributed by atoms with Gasteiger partial charge in [0.2, 0.25) is 0 Å². The number of carbonyl (C=O) groups is 1. The molecule has 1 aliphatic carbocycles. The SMILES string of the molecule is COC(=O)C(OC1C=CC(n2cc(C)c(=O)[nH]c2=O)C1)P(=O)=O. The Morgan fingerprint density at radius 3 is 2.70 bits per heavy atom. The smallest absolute Gasteiger partial charge is 0.357 e. The van der Waals surface area contributed by atoms with Crippen LogP contribution in [-0.4, -0.2) is 34.6 Å². The summed E-state index contributed by atoms with van der Waals surface area (Å²) in [4.78, 5) is 36.8. The van der Waals surface area contributed by atoms with Gasteiger partial charge in [0.25, 0.3) is 11.4 Å². The zero-order valence-corrected chi connectivity index (χ0v) is 13.3. The maximum Gasteiger partial charge on any atom is 0.357 e. The van der Waals surface area contributed by atoms with Gasteiger partial charge in [0, 0.05) is 18.2 Å². The summed E-state index contributed by atoms with van der Waals surface area (Å²) in [5.41, 5.74) is -0.664. The molecule has 23 heavy (non-hydrogen) atoms. The van der Waals surface area contributed by atoms with Crippen LogP contribution in [0, 0.1) is 6.92 Å². The molecule has 10 heteroatoms. The Hall–Kier alpha value is -2.25. The zero-order chi connectivity index (χ0) is 17.1. The molecule has 0 fully saturated rings. The van der Waals surface area contributed by atoms with Crippen LogP contribution >= 0.6 is 7.68 Å². The zero-order valence-electron chi connectivity index (χ0n) is 12.4. The molecule has 0 amide bonds. The summed E-state index contributed by atoms with van der Waals surface area (Å²) < 4.78 is 33.1. The van der Waals surface area contributed by atoms with Gasteiger partial charge in [-0.05, 0) is 6.92 Å². The second kappa shape index (κ2) is 6.89. The second-order valence-corrected chi connectivity index (χ2v) is 6.04. The van der Waals surface area contributed by atoms with E-state index in [2.05, 4.69) is 9.72 Å². The minimum Gasteiger partial charge on any atom is -0.466 e. The largest absolute Gasteiger partial charge is 0.466 e. The summed E-state index contributed by atoms with van der Waals surface area (Å²) in [6, 6.07) is -0.411. The number of aromatic amines is 1. The fourth-order valence-electron chi connectivity index (χ4n) is 2.24. The van der Waals surface area contributed by atoms with Crippen molar-refractivity contribution in [3.63, 3.8) is 0 Å². The maximum atomic E-state index is 11.8. The molecule has 0 spiro atoms. The number of nitrogens with one attached hydrogen (secondary N) is 1. The van der Waals surface area contributed by atoms with E-state index in [1.165, 1.54) is 10.8 Å². The van der Waals surface area contributed by atoms with E-state index in [1.54, 1.807) is 19.1 Å². The van der Waals surface area contributed by atoms with Crippen molar-refractivity contribution in [1.82, 2.24) is 9.55 Å². The molecule has 3 atom stereocenters. The van der Waals surface area contributed by atoms with Crippen LogP contribution in [0.3, 0.4) is 0 Å². The van der Waals surface area contributed by atoms with Crippen molar-refractivity contribution in [2.24, 2.45) is 0 Å². The topological polar surface area (TPSA) is 125 Å². The van der Waals surface area contributed by atoms with E-state index in [1.807, 2.05) is 0 Å². The molecule has 9 nitrogen and oxygen atoms in total. The van der Waals surface area contributed by atoms with Crippen LogP contribution in [0.15, 0.2) is 27.9 Å². The van der Waals surface area contributed by atoms with E-state index in [0.29, 0.717) is 5.56 Å². The lowest BCUT2D eigenvalue weighted by Crippen LogP contribution is -2.33. The number of nitrogens with zero attached hydrogens (tertiary/aromatic N) is 1. The van der Waals surface area contributed by atoms with E-state index in [4.69, 9.17) is 4.74 Å². The Bertz CT molecular complexity index is 812. The highest BCUT2D eigenvalue weighted by molar-refractivity contribution is 7.32. The summed E-state index contributed by atoms with van der Waals surface area (Å²) in [5.74, 6) is -2.70. The number of hydrogen-bond donors (Lipinski definition) is 1. The van der Waals surface area contributed by atoms with Gasteiger partial charge in [-0.2, -0.15) is 0 Å². The van der Waals surface area contributed by atoms with Crippen molar-refractivity contribution >= 4 is 13.6 Å². The first-order valence-electron chi connectivity index (χ1n) is 6.70. The minimum absolute atomic E-state index is 0.252. The Morgan fingerprint density at radius 2 is 2.09 bits per heavy atom. The average molecular weight is 342 g/mol. The van der Waals surface area contributed by atoms with Crippen LogP contribution in [0.5, 0.6) is 0 Å². The number of hydrogen-bond acceptors (Lipinski definition) is 7. The third-order valence-electron chi connectivity index (χ3n) is 3.42. The van der Waals surface area contributed by atoms with Crippen molar-refractivity contribution in [2.75, 3.05) is 7.11 Å². The fraction of sp³-hybridized carbons (Fsp3) is 0.462. The highest BCUT2D eigenvalue weighted by Gasteiger charge is 2.32. The third kappa shape index (κ3) is 3.75. The highest BCUT2D eigenvalue weighted by Crippen LogP contribution is 2.28. The monoisotopic (exact) mass is 342 g/mol.